The van der Waals surface area contributed by atoms with Crippen molar-refractivity contribution in [1.82, 2.24) is 4.57 Å². The molecule has 1 aromatic heterocycles. The zero-order chi connectivity index (χ0) is 12.5. The van der Waals surface area contributed by atoms with Gasteiger partial charge in [0.05, 0.1) is 0 Å². The fourth-order valence-corrected chi connectivity index (χ4v) is 2.45. The van der Waals surface area contributed by atoms with Crippen LogP contribution in [0.4, 0.5) is 5.69 Å². The van der Waals surface area contributed by atoms with E-state index in [-0.39, 0.29) is 0 Å². The van der Waals surface area contributed by atoms with Gasteiger partial charge in [0, 0.05) is 23.1 Å². The van der Waals surface area contributed by atoms with E-state index in [9.17, 15) is 0 Å². The summed E-state index contributed by atoms with van der Waals surface area (Å²) < 4.78 is 2.09. The summed E-state index contributed by atoms with van der Waals surface area (Å²) >= 11 is 6.29. The Kier molecular flexibility index (Phi) is 2.73. The van der Waals surface area contributed by atoms with Crippen molar-refractivity contribution in [2.45, 2.75) is 6.54 Å². The number of nitrogens with two attached hydrogens (primary N) is 1. The first-order valence-corrected chi connectivity index (χ1v) is 6.20. The van der Waals surface area contributed by atoms with Crippen molar-refractivity contribution in [3.63, 3.8) is 0 Å². The van der Waals surface area contributed by atoms with Gasteiger partial charge in [-0.2, -0.15) is 0 Å². The van der Waals surface area contributed by atoms with Gasteiger partial charge in [-0.25, -0.2) is 0 Å². The number of hydrogen-bond donors (Lipinski definition) is 1. The third kappa shape index (κ3) is 1.95. The average Bonchev–Trinajstić information content (AvgIpc) is 2.66. The fraction of sp³-hybridized carbons (Fsp3) is 0.0667. The molecule has 2 aromatic carbocycles. The predicted molar refractivity (Wildman–Crippen MR) is 76.9 cm³/mol. The molecule has 1 heterocycles. The maximum absolute atomic E-state index is 6.29. The van der Waals surface area contributed by atoms with E-state index in [2.05, 4.69) is 16.7 Å². The second-order valence-electron chi connectivity index (χ2n) is 4.36. The van der Waals surface area contributed by atoms with Crippen molar-refractivity contribution in [2.24, 2.45) is 0 Å². The number of halogens is 1. The van der Waals surface area contributed by atoms with Gasteiger partial charge in [0.15, 0.2) is 0 Å². The molecule has 0 unspecified atom stereocenters. The summed E-state index contributed by atoms with van der Waals surface area (Å²) in [5.41, 5.74) is 8.88. The van der Waals surface area contributed by atoms with E-state index < -0.39 is 0 Å². The minimum Gasteiger partial charge on any atom is -0.399 e. The van der Waals surface area contributed by atoms with Crippen LogP contribution in [0.5, 0.6) is 0 Å². The van der Waals surface area contributed by atoms with Gasteiger partial charge in [0.1, 0.15) is 5.15 Å². The molecule has 0 amide bonds. The van der Waals surface area contributed by atoms with Crippen LogP contribution in [0.25, 0.3) is 10.9 Å². The number of nitrogens with zero attached hydrogens (tertiary/aromatic N) is 1. The Balaban J connectivity index is 2.09. The third-order valence-corrected chi connectivity index (χ3v) is 3.37. The first kappa shape index (κ1) is 11.2. The van der Waals surface area contributed by atoms with Crippen LogP contribution in [0.1, 0.15) is 5.56 Å². The lowest BCUT2D eigenvalue weighted by Crippen LogP contribution is -1.99. The summed E-state index contributed by atoms with van der Waals surface area (Å²) in [5, 5.41) is 1.82. The molecular formula is C15H13ClN2. The number of nitrogen functional groups attached to an aromatic ring is 1. The first-order valence-electron chi connectivity index (χ1n) is 5.82. The zero-order valence-electron chi connectivity index (χ0n) is 9.81. The van der Waals surface area contributed by atoms with E-state index in [1.54, 1.807) is 0 Å². The number of aromatic nitrogens is 1. The van der Waals surface area contributed by atoms with E-state index in [4.69, 9.17) is 17.3 Å². The Labute approximate surface area is 111 Å². The zero-order valence-corrected chi connectivity index (χ0v) is 10.6. The van der Waals surface area contributed by atoms with Crippen LogP contribution in [-0.4, -0.2) is 4.57 Å². The molecule has 0 fully saturated rings. The van der Waals surface area contributed by atoms with Crippen molar-refractivity contribution in [2.75, 3.05) is 5.73 Å². The normalized spacial score (nSPS) is 10.9. The van der Waals surface area contributed by atoms with Crippen molar-refractivity contribution >= 4 is 28.2 Å². The number of fused-ring (bicyclic) bond motifs is 1. The van der Waals surface area contributed by atoms with Gasteiger partial charge in [-0.15, -0.1) is 0 Å². The predicted octanol–water partition coefficient (Wildman–Crippen LogP) is 3.93. The van der Waals surface area contributed by atoms with Crippen LogP contribution in [0.15, 0.2) is 54.6 Å². The van der Waals surface area contributed by atoms with Crippen LogP contribution in [-0.2, 0) is 6.54 Å². The molecule has 0 aliphatic heterocycles. The molecule has 2 N–H and O–H groups in total. The van der Waals surface area contributed by atoms with E-state index >= 15 is 0 Å². The topological polar surface area (TPSA) is 30.9 Å². The number of rotatable bonds is 2. The van der Waals surface area contributed by atoms with E-state index in [0.717, 1.165) is 28.3 Å². The summed E-state index contributed by atoms with van der Waals surface area (Å²) in [6.45, 7) is 0.771. The first-order chi connectivity index (χ1) is 8.74. The summed E-state index contributed by atoms with van der Waals surface area (Å²) in [4.78, 5) is 0. The average molecular weight is 257 g/mol. The summed E-state index contributed by atoms with van der Waals surface area (Å²) in [6, 6.07) is 18.1. The minimum atomic E-state index is 0.736. The molecular weight excluding hydrogens is 244 g/mol. The third-order valence-electron chi connectivity index (χ3n) is 3.06. The van der Waals surface area contributed by atoms with E-state index in [1.807, 2.05) is 42.5 Å². The molecule has 0 radical (unpaired) electrons. The molecule has 0 bridgehead atoms. The molecule has 0 aliphatic carbocycles. The van der Waals surface area contributed by atoms with Crippen LogP contribution in [0, 0.1) is 0 Å². The lowest BCUT2D eigenvalue weighted by atomic mass is 10.2. The van der Waals surface area contributed by atoms with Crippen LogP contribution in [0.2, 0.25) is 5.15 Å². The summed E-state index contributed by atoms with van der Waals surface area (Å²) in [6.07, 6.45) is 0. The maximum atomic E-state index is 6.29. The molecule has 0 saturated heterocycles. The maximum Gasteiger partial charge on any atom is 0.110 e. The van der Waals surface area contributed by atoms with E-state index in [1.165, 1.54) is 5.56 Å². The van der Waals surface area contributed by atoms with Gasteiger partial charge in [-0.05, 0) is 29.8 Å². The van der Waals surface area contributed by atoms with Gasteiger partial charge in [0.25, 0.3) is 0 Å². The van der Waals surface area contributed by atoms with Crippen molar-refractivity contribution in [1.29, 1.82) is 0 Å². The highest BCUT2D eigenvalue weighted by molar-refractivity contribution is 6.31. The molecule has 0 spiro atoms. The molecule has 90 valence electrons. The quantitative estimate of drug-likeness (QED) is 0.692. The Hall–Kier alpha value is -1.93. The Bertz CT molecular complexity index is 686. The second kappa shape index (κ2) is 4.39. The Morgan fingerprint density at radius 2 is 1.78 bits per heavy atom. The largest absolute Gasteiger partial charge is 0.399 e. The van der Waals surface area contributed by atoms with Gasteiger partial charge in [0.2, 0.25) is 0 Å². The number of benzene rings is 2. The summed E-state index contributed by atoms with van der Waals surface area (Å²) in [7, 11) is 0. The minimum absolute atomic E-state index is 0.736. The lowest BCUT2D eigenvalue weighted by Gasteiger charge is -2.07. The van der Waals surface area contributed by atoms with Crippen molar-refractivity contribution < 1.29 is 0 Å². The molecule has 0 atom stereocenters. The highest BCUT2D eigenvalue weighted by Crippen LogP contribution is 2.26. The Morgan fingerprint density at radius 1 is 1.00 bits per heavy atom. The molecule has 3 heteroatoms. The Morgan fingerprint density at radius 3 is 2.56 bits per heavy atom. The molecule has 0 saturated carbocycles. The highest BCUT2D eigenvalue weighted by atomic mass is 35.5. The monoisotopic (exact) mass is 256 g/mol. The number of anilines is 1. The van der Waals surface area contributed by atoms with Gasteiger partial charge < -0.3 is 10.3 Å². The van der Waals surface area contributed by atoms with Gasteiger partial charge in [-0.3, -0.25) is 0 Å². The van der Waals surface area contributed by atoms with Crippen LogP contribution in [0.3, 0.4) is 0 Å². The fourth-order valence-electron chi connectivity index (χ4n) is 2.18. The highest BCUT2D eigenvalue weighted by Gasteiger charge is 2.07. The van der Waals surface area contributed by atoms with Crippen LogP contribution < -0.4 is 5.73 Å². The van der Waals surface area contributed by atoms with Crippen LogP contribution >= 0.6 is 11.6 Å². The molecule has 3 rings (SSSR count). The van der Waals surface area contributed by atoms with Crippen molar-refractivity contribution in [3.8, 4) is 0 Å². The molecule has 18 heavy (non-hydrogen) atoms. The SMILES string of the molecule is Nc1ccc2c(c1)cc(Cl)n2Cc1ccccc1. The van der Waals surface area contributed by atoms with Crippen molar-refractivity contribution in [3.05, 3.63) is 65.3 Å². The number of hydrogen-bond acceptors (Lipinski definition) is 1. The lowest BCUT2D eigenvalue weighted by molar-refractivity contribution is 0.838. The molecule has 2 nitrogen and oxygen atoms in total. The molecule has 0 aliphatic rings. The second-order valence-corrected chi connectivity index (χ2v) is 4.74. The van der Waals surface area contributed by atoms with Gasteiger partial charge in [-0.1, -0.05) is 41.9 Å². The van der Waals surface area contributed by atoms with E-state index in [0.29, 0.717) is 0 Å². The standard InChI is InChI=1S/C15H13ClN2/c16-15-9-12-8-13(17)6-7-14(12)18(15)10-11-4-2-1-3-5-11/h1-9H,10,17H2. The smallest absolute Gasteiger partial charge is 0.110 e. The molecule has 3 aromatic rings. The summed E-state index contributed by atoms with van der Waals surface area (Å²) in [5.74, 6) is 0. The van der Waals surface area contributed by atoms with Gasteiger partial charge >= 0.3 is 0 Å².